The SMILES string of the molecule is COc1ccc(/C(=N\Nc2ccccc2)C(C)C(O)(C(F)(F)F)C(F)(F)F)cc1. The van der Waals surface area contributed by atoms with Gasteiger partial charge in [0.25, 0.3) is 5.60 Å². The minimum Gasteiger partial charge on any atom is -0.497 e. The van der Waals surface area contributed by atoms with Crippen molar-refractivity contribution in [1.82, 2.24) is 0 Å². The maximum absolute atomic E-state index is 13.3. The van der Waals surface area contributed by atoms with Crippen molar-refractivity contribution in [2.24, 2.45) is 11.0 Å². The summed E-state index contributed by atoms with van der Waals surface area (Å²) in [6, 6.07) is 13.2. The van der Waals surface area contributed by atoms with E-state index in [1.54, 1.807) is 18.2 Å². The zero-order chi connectivity index (χ0) is 21.9. The molecule has 0 heterocycles. The number of anilines is 1. The maximum atomic E-state index is 13.3. The Balaban J connectivity index is 2.58. The van der Waals surface area contributed by atoms with Crippen LogP contribution in [-0.4, -0.2) is 35.9 Å². The third-order valence-electron chi connectivity index (χ3n) is 4.37. The molecule has 1 atom stereocenters. The topological polar surface area (TPSA) is 53.8 Å². The lowest BCUT2D eigenvalue weighted by atomic mass is 9.81. The van der Waals surface area contributed by atoms with Gasteiger partial charge in [0, 0.05) is 5.92 Å². The molecule has 0 aliphatic rings. The predicted octanol–water partition coefficient (Wildman–Crippen LogP) is 5.00. The van der Waals surface area contributed by atoms with Crippen molar-refractivity contribution in [2.45, 2.75) is 24.9 Å². The fourth-order valence-corrected chi connectivity index (χ4v) is 2.66. The molecule has 10 heteroatoms. The summed E-state index contributed by atoms with van der Waals surface area (Å²) in [5, 5.41) is 13.6. The van der Waals surface area contributed by atoms with Crippen LogP contribution in [0.3, 0.4) is 0 Å². The zero-order valence-electron chi connectivity index (χ0n) is 15.3. The van der Waals surface area contributed by atoms with Crippen LogP contribution in [0.4, 0.5) is 32.0 Å². The number of para-hydroxylation sites is 1. The number of hydrogen-bond acceptors (Lipinski definition) is 4. The van der Waals surface area contributed by atoms with Crippen LogP contribution in [0.1, 0.15) is 12.5 Å². The molecule has 2 N–H and O–H groups in total. The van der Waals surface area contributed by atoms with Gasteiger partial charge in [-0.15, -0.1) is 0 Å². The molecule has 0 saturated carbocycles. The number of alkyl halides is 6. The molecule has 0 amide bonds. The Labute approximate surface area is 162 Å². The first-order valence-electron chi connectivity index (χ1n) is 8.30. The average molecular weight is 420 g/mol. The molecule has 1 unspecified atom stereocenters. The van der Waals surface area contributed by atoms with E-state index in [9.17, 15) is 31.4 Å². The summed E-state index contributed by atoms with van der Waals surface area (Å²) in [6.45, 7) is 0.622. The van der Waals surface area contributed by atoms with Crippen molar-refractivity contribution in [3.05, 3.63) is 60.2 Å². The first-order valence-corrected chi connectivity index (χ1v) is 8.30. The number of nitrogens with zero attached hydrogens (tertiary/aromatic N) is 1. The van der Waals surface area contributed by atoms with E-state index in [1.807, 2.05) is 0 Å². The Morgan fingerprint density at radius 2 is 1.45 bits per heavy atom. The molecule has 0 aromatic heterocycles. The number of hydrazone groups is 1. The van der Waals surface area contributed by atoms with Crippen molar-refractivity contribution in [2.75, 3.05) is 12.5 Å². The molecular weight excluding hydrogens is 402 g/mol. The number of methoxy groups -OCH3 is 1. The molecule has 2 aromatic rings. The van der Waals surface area contributed by atoms with Crippen molar-refractivity contribution >= 4 is 11.4 Å². The Morgan fingerprint density at radius 3 is 1.90 bits per heavy atom. The summed E-state index contributed by atoms with van der Waals surface area (Å²) in [6.07, 6.45) is -12.0. The fraction of sp³-hybridized carbons (Fsp3) is 0.316. The number of halogens is 6. The highest BCUT2D eigenvalue weighted by molar-refractivity contribution is 6.03. The van der Waals surface area contributed by atoms with E-state index >= 15 is 0 Å². The quantitative estimate of drug-likeness (QED) is 0.393. The zero-order valence-corrected chi connectivity index (χ0v) is 15.3. The van der Waals surface area contributed by atoms with E-state index < -0.39 is 29.6 Å². The molecule has 2 aromatic carbocycles. The minimum atomic E-state index is -5.98. The highest BCUT2D eigenvalue weighted by atomic mass is 19.4. The Hall–Kier alpha value is -2.75. The van der Waals surface area contributed by atoms with Crippen LogP contribution in [0, 0.1) is 5.92 Å². The van der Waals surface area contributed by atoms with Gasteiger partial charge in [0.15, 0.2) is 0 Å². The van der Waals surface area contributed by atoms with Crippen LogP contribution >= 0.6 is 0 Å². The van der Waals surface area contributed by atoms with Gasteiger partial charge in [0.1, 0.15) is 5.75 Å². The summed E-state index contributed by atoms with van der Waals surface area (Å²) in [4.78, 5) is 0. The smallest absolute Gasteiger partial charge is 0.426 e. The summed E-state index contributed by atoms with van der Waals surface area (Å²) in [5.74, 6) is -2.13. The van der Waals surface area contributed by atoms with Crippen LogP contribution in [0.2, 0.25) is 0 Å². The highest BCUT2D eigenvalue weighted by Gasteiger charge is 2.73. The van der Waals surface area contributed by atoms with E-state index in [4.69, 9.17) is 4.74 Å². The van der Waals surface area contributed by atoms with Crippen molar-refractivity contribution in [3.8, 4) is 5.75 Å². The third-order valence-corrected chi connectivity index (χ3v) is 4.37. The van der Waals surface area contributed by atoms with E-state index in [-0.39, 0.29) is 5.56 Å². The van der Waals surface area contributed by atoms with Crippen molar-refractivity contribution in [1.29, 1.82) is 0 Å². The number of hydrogen-bond donors (Lipinski definition) is 2. The van der Waals surface area contributed by atoms with Gasteiger partial charge in [0.05, 0.1) is 18.5 Å². The van der Waals surface area contributed by atoms with Gasteiger partial charge in [-0.25, -0.2) is 0 Å². The first kappa shape index (κ1) is 22.5. The molecule has 0 saturated heterocycles. The normalized spacial score (nSPS) is 14.4. The fourth-order valence-electron chi connectivity index (χ4n) is 2.66. The lowest BCUT2D eigenvalue weighted by Gasteiger charge is -2.37. The summed E-state index contributed by atoms with van der Waals surface area (Å²) in [5.41, 5.74) is -2.90. The van der Waals surface area contributed by atoms with Gasteiger partial charge < -0.3 is 9.84 Å². The highest BCUT2D eigenvalue weighted by Crippen LogP contribution is 2.48. The number of ether oxygens (including phenoxy) is 1. The molecule has 0 radical (unpaired) electrons. The molecule has 4 nitrogen and oxygen atoms in total. The Bertz CT molecular complexity index is 819. The van der Waals surface area contributed by atoms with Gasteiger partial charge >= 0.3 is 12.4 Å². The van der Waals surface area contributed by atoms with Gasteiger partial charge in [0.2, 0.25) is 0 Å². The molecule has 0 aliphatic carbocycles. The number of aliphatic hydroxyl groups is 1. The van der Waals surface area contributed by atoms with Gasteiger partial charge in [-0.1, -0.05) is 25.1 Å². The number of rotatable bonds is 6. The van der Waals surface area contributed by atoms with Crippen molar-refractivity contribution in [3.63, 3.8) is 0 Å². The maximum Gasteiger partial charge on any atom is 0.426 e. The first-order chi connectivity index (χ1) is 13.4. The van der Waals surface area contributed by atoms with E-state index in [2.05, 4.69) is 10.5 Å². The minimum absolute atomic E-state index is 0.0475. The molecule has 0 bridgehead atoms. The lowest BCUT2D eigenvalue weighted by molar-refractivity contribution is -0.376. The van der Waals surface area contributed by atoms with E-state index in [0.29, 0.717) is 18.4 Å². The van der Waals surface area contributed by atoms with Gasteiger partial charge in [-0.2, -0.15) is 31.4 Å². The summed E-state index contributed by atoms with van der Waals surface area (Å²) >= 11 is 0. The molecule has 29 heavy (non-hydrogen) atoms. The van der Waals surface area contributed by atoms with Crippen LogP contribution in [0.25, 0.3) is 0 Å². The largest absolute Gasteiger partial charge is 0.497 e. The monoisotopic (exact) mass is 420 g/mol. The Morgan fingerprint density at radius 1 is 0.931 bits per heavy atom. The second-order valence-corrected chi connectivity index (χ2v) is 6.19. The lowest BCUT2D eigenvalue weighted by Crippen LogP contribution is -2.62. The summed E-state index contributed by atoms with van der Waals surface area (Å²) < 4.78 is 85.0. The molecule has 2 rings (SSSR count). The molecule has 158 valence electrons. The van der Waals surface area contributed by atoms with Gasteiger partial charge in [-0.3, -0.25) is 5.43 Å². The van der Waals surface area contributed by atoms with Crippen LogP contribution < -0.4 is 10.2 Å². The van der Waals surface area contributed by atoms with E-state index in [0.717, 1.165) is 0 Å². The molecule has 0 aliphatic heterocycles. The van der Waals surface area contributed by atoms with E-state index in [1.165, 1.54) is 43.5 Å². The second-order valence-electron chi connectivity index (χ2n) is 6.19. The Kier molecular flexibility index (Phi) is 6.46. The van der Waals surface area contributed by atoms with Crippen LogP contribution in [0.5, 0.6) is 5.75 Å². The third kappa shape index (κ3) is 4.64. The molecule has 0 fully saturated rings. The second kappa shape index (κ2) is 8.32. The van der Waals surface area contributed by atoms with Gasteiger partial charge in [-0.05, 0) is 42.0 Å². The van der Waals surface area contributed by atoms with Crippen LogP contribution in [-0.2, 0) is 0 Å². The molecular formula is C19H18F6N2O2. The predicted molar refractivity (Wildman–Crippen MR) is 95.8 cm³/mol. The standard InChI is InChI=1S/C19H18F6N2O2/c1-12(17(28,18(20,21)22)19(23,24)25)16(13-8-10-15(29-2)11-9-13)27-26-14-6-4-3-5-7-14/h3-12,26,28H,1-2H3/b27-16-. The average Bonchev–Trinajstić information content (AvgIpc) is 2.66. The van der Waals surface area contributed by atoms with Crippen LogP contribution in [0.15, 0.2) is 59.7 Å². The van der Waals surface area contributed by atoms with Crippen molar-refractivity contribution < 1.29 is 36.2 Å². The molecule has 0 spiro atoms. The summed E-state index contributed by atoms with van der Waals surface area (Å²) in [7, 11) is 1.36. The number of benzene rings is 2. The number of nitrogens with one attached hydrogen (secondary N) is 1.